The van der Waals surface area contributed by atoms with E-state index >= 15 is 0 Å². The number of carboxylic acid groups (broad SMARTS) is 1. The maximum atomic E-state index is 11.7. The fourth-order valence-corrected chi connectivity index (χ4v) is 3.45. The Morgan fingerprint density at radius 1 is 1.17 bits per heavy atom. The van der Waals surface area contributed by atoms with Gasteiger partial charge in [-0.25, -0.2) is 9.97 Å². The van der Waals surface area contributed by atoms with Crippen LogP contribution in [0.5, 0.6) is 0 Å². The van der Waals surface area contributed by atoms with Gasteiger partial charge >= 0.3 is 5.97 Å². The van der Waals surface area contributed by atoms with E-state index in [1.54, 1.807) is 12.4 Å². The molecule has 0 unspecified atom stereocenters. The number of aromatic nitrogens is 2. The van der Waals surface area contributed by atoms with Crippen LogP contribution in [0.2, 0.25) is 0 Å². The first-order valence-electron chi connectivity index (χ1n) is 9.66. The molecule has 30 heavy (non-hydrogen) atoms. The third-order valence-electron chi connectivity index (χ3n) is 5.11. The Balaban J connectivity index is 0.00000320. The predicted octanol–water partition coefficient (Wildman–Crippen LogP) is 2.69. The van der Waals surface area contributed by atoms with Gasteiger partial charge in [0.15, 0.2) is 0 Å². The molecule has 0 bridgehead atoms. The number of carboxylic acids is 1. The molecule has 1 saturated heterocycles. The van der Waals surface area contributed by atoms with Crippen LogP contribution in [-0.4, -0.2) is 45.8 Å². The van der Waals surface area contributed by atoms with Crippen molar-refractivity contribution in [2.45, 2.75) is 32.1 Å². The zero-order chi connectivity index (χ0) is 20.8. The minimum atomic E-state index is -0.733. The molecule has 1 aromatic carbocycles. The summed E-state index contributed by atoms with van der Waals surface area (Å²) in [5, 5.41) is 16.3. The molecule has 0 aliphatic carbocycles. The number of ketones is 1. The van der Waals surface area contributed by atoms with Crippen LogP contribution in [0.1, 0.15) is 31.2 Å². The summed E-state index contributed by atoms with van der Waals surface area (Å²) in [6.07, 6.45) is 5.69. The number of hydrogen-bond acceptors (Lipinski definition) is 6. The van der Waals surface area contributed by atoms with Gasteiger partial charge in [0.1, 0.15) is 5.78 Å². The van der Waals surface area contributed by atoms with Gasteiger partial charge in [0.2, 0.25) is 5.95 Å². The van der Waals surface area contributed by atoms with Gasteiger partial charge in [-0.1, -0.05) is 24.3 Å². The lowest BCUT2D eigenvalue weighted by atomic mass is 9.97. The number of halogens is 1. The van der Waals surface area contributed by atoms with Crippen LogP contribution in [0.25, 0.3) is 11.1 Å². The summed E-state index contributed by atoms with van der Waals surface area (Å²) in [5.41, 5.74) is 8.15. The van der Waals surface area contributed by atoms with Gasteiger partial charge in [0.05, 0.1) is 18.2 Å². The van der Waals surface area contributed by atoms with E-state index in [2.05, 4.69) is 9.97 Å². The summed E-state index contributed by atoms with van der Waals surface area (Å²) >= 11 is 0. The van der Waals surface area contributed by atoms with Crippen molar-refractivity contribution >= 4 is 35.9 Å². The van der Waals surface area contributed by atoms with Crippen molar-refractivity contribution in [2.75, 3.05) is 18.0 Å². The first-order valence-corrected chi connectivity index (χ1v) is 9.66. The average molecular weight is 432 g/mol. The molecule has 1 aliphatic heterocycles. The Kier molecular flexibility index (Phi) is 8.29. The van der Waals surface area contributed by atoms with Crippen molar-refractivity contribution in [2.24, 2.45) is 11.7 Å². The zero-order valence-electron chi connectivity index (χ0n) is 16.6. The van der Waals surface area contributed by atoms with E-state index in [1.165, 1.54) is 0 Å². The monoisotopic (exact) mass is 431 g/mol. The van der Waals surface area contributed by atoms with Gasteiger partial charge < -0.3 is 15.7 Å². The molecule has 160 valence electrons. The zero-order valence-corrected chi connectivity index (χ0v) is 17.4. The number of amidine groups is 1. The van der Waals surface area contributed by atoms with Crippen molar-refractivity contribution in [3.8, 4) is 11.1 Å². The van der Waals surface area contributed by atoms with Crippen LogP contribution in [-0.2, 0) is 16.0 Å². The summed E-state index contributed by atoms with van der Waals surface area (Å²) in [6, 6.07) is 7.88. The highest BCUT2D eigenvalue weighted by atomic mass is 35.5. The van der Waals surface area contributed by atoms with Crippen LogP contribution in [0.15, 0.2) is 36.7 Å². The first kappa shape index (κ1) is 23.3. The minimum absolute atomic E-state index is 0. The molecule has 3 rings (SSSR count). The summed E-state index contributed by atoms with van der Waals surface area (Å²) in [5.74, 6) is -0.543. The summed E-state index contributed by atoms with van der Waals surface area (Å²) < 4.78 is 0. The molecule has 4 N–H and O–H groups in total. The Hall–Kier alpha value is -3.00. The standard InChI is InChI=1S/C21H25N5O3.ClH/c22-19(23)11-18(27)5-4-14-2-1-3-16(10-14)17-12-24-21(25-13-17)26-8-6-15(7-9-26)20(28)29;/h1-3,10,12-13,15H,4-9,11H2,(H3,22,23)(H,28,29);1H. The van der Waals surface area contributed by atoms with Crippen molar-refractivity contribution < 1.29 is 14.7 Å². The van der Waals surface area contributed by atoms with Gasteiger partial charge in [-0.3, -0.25) is 15.0 Å². The second kappa shape index (κ2) is 10.7. The molecule has 9 heteroatoms. The molecular weight excluding hydrogens is 406 g/mol. The number of carbonyl (C=O) groups is 2. The Bertz CT molecular complexity index is 896. The lowest BCUT2D eigenvalue weighted by Crippen LogP contribution is -2.37. The van der Waals surface area contributed by atoms with Crippen LogP contribution in [0.4, 0.5) is 5.95 Å². The van der Waals surface area contributed by atoms with E-state index in [1.807, 2.05) is 29.2 Å². The van der Waals surface area contributed by atoms with Gasteiger partial charge in [0.25, 0.3) is 0 Å². The SMILES string of the molecule is Cl.N=C(N)CC(=O)CCc1cccc(-c2cnc(N3CCC(C(=O)O)CC3)nc2)c1. The first-order chi connectivity index (χ1) is 13.9. The van der Waals surface area contributed by atoms with Gasteiger partial charge in [0, 0.05) is 37.5 Å². The lowest BCUT2D eigenvalue weighted by Gasteiger charge is -2.30. The number of piperidine rings is 1. The minimum Gasteiger partial charge on any atom is -0.481 e. The van der Waals surface area contributed by atoms with Gasteiger partial charge in [-0.2, -0.15) is 0 Å². The molecule has 0 saturated carbocycles. The van der Waals surface area contributed by atoms with Gasteiger partial charge in [-0.05, 0) is 30.4 Å². The third-order valence-corrected chi connectivity index (χ3v) is 5.11. The number of hydrogen-bond donors (Lipinski definition) is 3. The third kappa shape index (κ3) is 6.25. The quantitative estimate of drug-likeness (QED) is 0.432. The van der Waals surface area contributed by atoms with E-state index in [0.29, 0.717) is 44.7 Å². The van der Waals surface area contributed by atoms with E-state index in [9.17, 15) is 9.59 Å². The number of nitrogens with one attached hydrogen (secondary N) is 1. The van der Waals surface area contributed by atoms with E-state index in [-0.39, 0.29) is 36.4 Å². The summed E-state index contributed by atoms with van der Waals surface area (Å²) in [6.45, 7) is 1.28. The molecule has 1 aliphatic rings. The van der Waals surface area contributed by atoms with Crippen molar-refractivity contribution in [3.63, 3.8) is 0 Å². The summed E-state index contributed by atoms with van der Waals surface area (Å²) in [7, 11) is 0. The number of aryl methyl sites for hydroxylation is 1. The molecule has 0 amide bonds. The molecule has 2 heterocycles. The number of carbonyl (C=O) groups excluding carboxylic acids is 1. The number of nitrogens with two attached hydrogens (primary N) is 1. The maximum absolute atomic E-state index is 11.7. The van der Waals surface area contributed by atoms with Crippen LogP contribution < -0.4 is 10.6 Å². The largest absolute Gasteiger partial charge is 0.481 e. The molecule has 0 radical (unpaired) electrons. The van der Waals surface area contributed by atoms with Crippen LogP contribution >= 0.6 is 12.4 Å². The van der Waals surface area contributed by atoms with E-state index in [0.717, 1.165) is 16.7 Å². The molecule has 8 nitrogen and oxygen atoms in total. The fourth-order valence-electron chi connectivity index (χ4n) is 3.45. The second-order valence-electron chi connectivity index (χ2n) is 7.31. The molecule has 1 fully saturated rings. The highest BCUT2D eigenvalue weighted by Crippen LogP contribution is 2.24. The normalized spacial score (nSPS) is 14.1. The number of rotatable bonds is 8. The topological polar surface area (TPSA) is 133 Å². The predicted molar refractivity (Wildman–Crippen MR) is 117 cm³/mol. The number of Topliss-reactive ketones (excluding diaryl/α,β-unsaturated/α-hetero) is 1. The maximum Gasteiger partial charge on any atom is 0.306 e. The van der Waals surface area contributed by atoms with Crippen molar-refractivity contribution in [1.29, 1.82) is 5.41 Å². The Morgan fingerprint density at radius 2 is 1.83 bits per heavy atom. The highest BCUT2D eigenvalue weighted by Gasteiger charge is 2.25. The molecule has 0 spiro atoms. The average Bonchev–Trinajstić information content (AvgIpc) is 2.72. The number of aliphatic carboxylic acids is 1. The highest BCUT2D eigenvalue weighted by molar-refractivity contribution is 5.98. The fraction of sp³-hybridized carbons (Fsp3) is 0.381. The van der Waals surface area contributed by atoms with E-state index in [4.69, 9.17) is 16.2 Å². The smallest absolute Gasteiger partial charge is 0.306 e. The van der Waals surface area contributed by atoms with E-state index < -0.39 is 5.97 Å². The Labute approximate surface area is 181 Å². The number of benzene rings is 1. The lowest BCUT2D eigenvalue weighted by molar-refractivity contribution is -0.142. The molecule has 0 atom stereocenters. The second-order valence-corrected chi connectivity index (χ2v) is 7.31. The van der Waals surface area contributed by atoms with Crippen LogP contribution in [0.3, 0.4) is 0 Å². The molecule has 2 aromatic rings. The summed E-state index contributed by atoms with van der Waals surface area (Å²) in [4.78, 5) is 33.8. The van der Waals surface area contributed by atoms with Crippen molar-refractivity contribution in [1.82, 2.24) is 9.97 Å². The number of nitrogens with zero attached hydrogens (tertiary/aromatic N) is 3. The molecule has 1 aromatic heterocycles. The number of anilines is 1. The van der Waals surface area contributed by atoms with Gasteiger partial charge in [-0.15, -0.1) is 12.4 Å². The molecular formula is C21H26ClN5O3. The Morgan fingerprint density at radius 3 is 2.43 bits per heavy atom. The van der Waals surface area contributed by atoms with Crippen molar-refractivity contribution in [3.05, 3.63) is 42.2 Å². The van der Waals surface area contributed by atoms with Crippen LogP contribution in [0, 0.1) is 11.3 Å².